The summed E-state index contributed by atoms with van der Waals surface area (Å²) in [5, 5.41) is 10.2. The quantitative estimate of drug-likeness (QED) is 0.937. The zero-order chi connectivity index (χ0) is 13.1. The predicted octanol–water partition coefficient (Wildman–Crippen LogP) is 3.68. The normalized spacial score (nSPS) is 12.2. The molecule has 2 rings (SSSR count). The first kappa shape index (κ1) is 13.1. The number of halogens is 2. The molecule has 0 saturated heterocycles. The van der Waals surface area contributed by atoms with E-state index in [1.54, 1.807) is 37.4 Å². The average molecular weight is 311 g/mol. The molecule has 0 spiro atoms. The highest BCUT2D eigenvalue weighted by molar-refractivity contribution is 9.10. The van der Waals surface area contributed by atoms with E-state index in [9.17, 15) is 9.50 Å². The number of methoxy groups -OCH3 is 1. The zero-order valence-electron chi connectivity index (χ0n) is 9.73. The van der Waals surface area contributed by atoms with E-state index in [4.69, 9.17) is 4.74 Å². The number of rotatable bonds is 3. The summed E-state index contributed by atoms with van der Waals surface area (Å²) in [6, 6.07) is 11.4. The van der Waals surface area contributed by atoms with Gasteiger partial charge in [0, 0.05) is 4.47 Å². The molecule has 94 valence electrons. The highest BCUT2D eigenvalue weighted by atomic mass is 79.9. The zero-order valence-corrected chi connectivity index (χ0v) is 11.3. The van der Waals surface area contributed by atoms with E-state index in [0.717, 1.165) is 0 Å². The van der Waals surface area contributed by atoms with Crippen molar-refractivity contribution < 1.29 is 14.2 Å². The molecule has 18 heavy (non-hydrogen) atoms. The largest absolute Gasteiger partial charge is 0.497 e. The van der Waals surface area contributed by atoms with Crippen molar-refractivity contribution in [3.8, 4) is 5.75 Å². The number of aliphatic hydroxyl groups excluding tert-OH is 1. The molecule has 2 aromatic rings. The first-order valence-electron chi connectivity index (χ1n) is 5.38. The van der Waals surface area contributed by atoms with Crippen LogP contribution in [-0.4, -0.2) is 12.2 Å². The van der Waals surface area contributed by atoms with Gasteiger partial charge in [-0.1, -0.05) is 28.1 Å². The Morgan fingerprint density at radius 1 is 1.11 bits per heavy atom. The first-order valence-corrected chi connectivity index (χ1v) is 6.17. The number of benzene rings is 2. The molecule has 0 bridgehead atoms. The van der Waals surface area contributed by atoms with Gasteiger partial charge in [-0.15, -0.1) is 0 Å². The van der Waals surface area contributed by atoms with Gasteiger partial charge in [-0.2, -0.15) is 0 Å². The summed E-state index contributed by atoms with van der Waals surface area (Å²) in [5.74, 6) is 0.332. The van der Waals surface area contributed by atoms with Crippen LogP contribution in [0.2, 0.25) is 0 Å². The second-order valence-corrected chi connectivity index (χ2v) is 4.79. The van der Waals surface area contributed by atoms with Crippen LogP contribution in [0.4, 0.5) is 4.39 Å². The van der Waals surface area contributed by atoms with Crippen LogP contribution in [0, 0.1) is 5.82 Å². The summed E-state index contributed by atoms with van der Waals surface area (Å²) < 4.78 is 18.9. The Labute approximate surface area is 113 Å². The van der Waals surface area contributed by atoms with E-state index in [0.29, 0.717) is 21.3 Å². The summed E-state index contributed by atoms with van der Waals surface area (Å²) in [6.07, 6.45) is -0.858. The lowest BCUT2D eigenvalue weighted by molar-refractivity contribution is 0.219. The van der Waals surface area contributed by atoms with Crippen LogP contribution in [0.5, 0.6) is 5.75 Å². The van der Waals surface area contributed by atoms with Gasteiger partial charge in [0.15, 0.2) is 0 Å². The van der Waals surface area contributed by atoms with E-state index in [1.807, 2.05) is 0 Å². The van der Waals surface area contributed by atoms with Crippen molar-refractivity contribution in [1.29, 1.82) is 0 Å². The van der Waals surface area contributed by atoms with E-state index in [2.05, 4.69) is 15.9 Å². The third kappa shape index (κ3) is 2.89. The molecule has 2 aromatic carbocycles. The van der Waals surface area contributed by atoms with Crippen LogP contribution < -0.4 is 4.74 Å². The molecule has 0 fully saturated rings. The van der Waals surface area contributed by atoms with Crippen molar-refractivity contribution in [2.45, 2.75) is 6.10 Å². The van der Waals surface area contributed by atoms with Gasteiger partial charge in [0.1, 0.15) is 17.7 Å². The van der Waals surface area contributed by atoms with Crippen molar-refractivity contribution in [3.05, 3.63) is 63.9 Å². The Bertz CT molecular complexity index is 520. The van der Waals surface area contributed by atoms with Crippen molar-refractivity contribution in [2.75, 3.05) is 7.11 Å². The molecule has 0 aliphatic rings. The molecule has 0 saturated carbocycles. The summed E-state index contributed by atoms with van der Waals surface area (Å²) >= 11 is 3.21. The summed E-state index contributed by atoms with van der Waals surface area (Å²) in [6.45, 7) is 0. The Kier molecular flexibility index (Phi) is 3.99. The van der Waals surface area contributed by atoms with E-state index < -0.39 is 6.10 Å². The molecular formula is C14H12BrFO2. The Morgan fingerprint density at radius 2 is 1.78 bits per heavy atom. The summed E-state index contributed by atoms with van der Waals surface area (Å²) in [5.41, 5.74) is 1.19. The lowest BCUT2D eigenvalue weighted by atomic mass is 10.0. The minimum Gasteiger partial charge on any atom is -0.497 e. The first-order chi connectivity index (χ1) is 8.60. The van der Waals surface area contributed by atoms with Crippen molar-refractivity contribution in [1.82, 2.24) is 0 Å². The number of hydrogen-bond acceptors (Lipinski definition) is 2. The molecule has 2 nitrogen and oxygen atoms in total. The SMILES string of the molecule is COc1ccc(C(O)c2cc(F)cc(Br)c2)cc1. The van der Waals surface area contributed by atoms with Crippen molar-refractivity contribution in [3.63, 3.8) is 0 Å². The van der Waals surface area contributed by atoms with Crippen molar-refractivity contribution >= 4 is 15.9 Å². The molecule has 1 N–H and O–H groups in total. The van der Waals surface area contributed by atoms with Gasteiger partial charge in [-0.05, 0) is 41.5 Å². The molecule has 0 aliphatic carbocycles. The average Bonchev–Trinajstić information content (AvgIpc) is 2.37. The van der Waals surface area contributed by atoms with Crippen LogP contribution in [0.3, 0.4) is 0 Å². The van der Waals surface area contributed by atoms with Crippen LogP contribution in [0.1, 0.15) is 17.2 Å². The van der Waals surface area contributed by atoms with Gasteiger partial charge in [0.25, 0.3) is 0 Å². The monoisotopic (exact) mass is 310 g/mol. The van der Waals surface area contributed by atoms with Gasteiger partial charge in [-0.25, -0.2) is 4.39 Å². The number of hydrogen-bond donors (Lipinski definition) is 1. The Balaban J connectivity index is 2.31. The molecule has 1 unspecified atom stereocenters. The number of ether oxygens (including phenoxy) is 1. The van der Waals surface area contributed by atoms with Crippen molar-refractivity contribution in [2.24, 2.45) is 0 Å². The smallest absolute Gasteiger partial charge is 0.124 e. The minimum atomic E-state index is -0.858. The van der Waals surface area contributed by atoms with Crippen LogP contribution >= 0.6 is 15.9 Å². The third-order valence-electron chi connectivity index (χ3n) is 2.63. The third-order valence-corrected chi connectivity index (χ3v) is 3.09. The highest BCUT2D eigenvalue weighted by Gasteiger charge is 2.12. The molecule has 0 heterocycles. The van der Waals surface area contributed by atoms with E-state index in [-0.39, 0.29) is 5.82 Å². The fourth-order valence-corrected chi connectivity index (χ4v) is 2.19. The minimum absolute atomic E-state index is 0.382. The second-order valence-electron chi connectivity index (χ2n) is 3.88. The second kappa shape index (κ2) is 5.50. The molecule has 1 atom stereocenters. The van der Waals surface area contributed by atoms with Gasteiger partial charge in [0.05, 0.1) is 7.11 Å². The Morgan fingerprint density at radius 3 is 2.33 bits per heavy atom. The number of aliphatic hydroxyl groups is 1. The van der Waals surface area contributed by atoms with Gasteiger partial charge >= 0.3 is 0 Å². The molecule has 0 aromatic heterocycles. The standard InChI is InChI=1S/C14H12BrFO2/c1-18-13-4-2-9(3-5-13)14(17)10-6-11(15)8-12(16)7-10/h2-8,14,17H,1H3. The van der Waals surface area contributed by atoms with E-state index >= 15 is 0 Å². The van der Waals surface area contributed by atoms with Crippen LogP contribution in [0.15, 0.2) is 46.9 Å². The topological polar surface area (TPSA) is 29.5 Å². The highest BCUT2D eigenvalue weighted by Crippen LogP contribution is 2.26. The summed E-state index contributed by atoms with van der Waals surface area (Å²) in [4.78, 5) is 0. The van der Waals surface area contributed by atoms with Crippen LogP contribution in [0.25, 0.3) is 0 Å². The maximum absolute atomic E-state index is 13.3. The summed E-state index contributed by atoms with van der Waals surface area (Å²) in [7, 11) is 1.58. The maximum atomic E-state index is 13.3. The van der Waals surface area contributed by atoms with Gasteiger partial charge in [0.2, 0.25) is 0 Å². The maximum Gasteiger partial charge on any atom is 0.124 e. The fourth-order valence-electron chi connectivity index (χ4n) is 1.71. The molecule has 4 heteroatoms. The molecular weight excluding hydrogens is 299 g/mol. The Hall–Kier alpha value is -1.39. The molecule has 0 aliphatic heterocycles. The molecule has 0 radical (unpaired) electrons. The van der Waals surface area contributed by atoms with E-state index in [1.165, 1.54) is 12.1 Å². The predicted molar refractivity (Wildman–Crippen MR) is 71.2 cm³/mol. The lowest BCUT2D eigenvalue weighted by Gasteiger charge is -2.12. The van der Waals surface area contributed by atoms with Gasteiger partial charge < -0.3 is 9.84 Å². The fraction of sp³-hybridized carbons (Fsp3) is 0.143. The van der Waals surface area contributed by atoms with Crippen LogP contribution in [-0.2, 0) is 0 Å². The molecule has 0 amide bonds. The lowest BCUT2D eigenvalue weighted by Crippen LogP contribution is -2.00. The van der Waals surface area contributed by atoms with Gasteiger partial charge in [-0.3, -0.25) is 0 Å².